The molecule has 114 valence electrons. The van der Waals surface area contributed by atoms with Gasteiger partial charge in [0.2, 0.25) is 5.88 Å². The normalized spacial score (nSPS) is 17.7. The van der Waals surface area contributed by atoms with E-state index < -0.39 is 0 Å². The molecule has 0 fully saturated rings. The first-order valence-corrected chi connectivity index (χ1v) is 8.10. The number of fused-ring (bicyclic) bond motifs is 2. The zero-order chi connectivity index (χ0) is 14.9. The third-order valence-electron chi connectivity index (χ3n) is 4.55. The fourth-order valence-electron chi connectivity index (χ4n) is 3.49. The van der Waals surface area contributed by atoms with E-state index in [1.54, 1.807) is 0 Å². The average Bonchev–Trinajstić information content (AvgIpc) is 2.75. The summed E-state index contributed by atoms with van der Waals surface area (Å²) >= 11 is 0. The summed E-state index contributed by atoms with van der Waals surface area (Å²) in [6.07, 6.45) is 4.07. The lowest BCUT2D eigenvalue weighted by molar-refractivity contribution is 0.202. The van der Waals surface area contributed by atoms with Crippen molar-refractivity contribution < 1.29 is 4.74 Å². The van der Waals surface area contributed by atoms with Gasteiger partial charge >= 0.3 is 0 Å². The Morgan fingerprint density at radius 2 is 1.77 bits per heavy atom. The van der Waals surface area contributed by atoms with Crippen molar-refractivity contribution in [1.82, 2.24) is 15.3 Å². The third kappa shape index (κ3) is 2.59. The third-order valence-corrected chi connectivity index (χ3v) is 4.55. The van der Waals surface area contributed by atoms with Crippen molar-refractivity contribution in [3.63, 3.8) is 0 Å². The predicted molar refractivity (Wildman–Crippen MR) is 85.3 cm³/mol. The molecule has 4 rings (SSSR count). The summed E-state index contributed by atoms with van der Waals surface area (Å²) in [6.45, 7) is 3.91. The van der Waals surface area contributed by atoms with Crippen LogP contribution in [0.3, 0.4) is 0 Å². The second-order valence-electron chi connectivity index (χ2n) is 6.17. The van der Waals surface area contributed by atoms with Crippen LogP contribution in [0, 0.1) is 6.92 Å². The summed E-state index contributed by atoms with van der Waals surface area (Å²) in [4.78, 5) is 9.21. The minimum absolute atomic E-state index is 0.201. The largest absolute Gasteiger partial charge is 0.473 e. The highest BCUT2D eigenvalue weighted by Gasteiger charge is 2.25. The van der Waals surface area contributed by atoms with Gasteiger partial charge in [-0.15, -0.1) is 0 Å². The van der Waals surface area contributed by atoms with E-state index in [2.05, 4.69) is 39.6 Å². The molecule has 22 heavy (non-hydrogen) atoms. The Balaban J connectivity index is 1.60. The molecule has 2 aliphatic rings. The van der Waals surface area contributed by atoms with Gasteiger partial charge in [0, 0.05) is 31.4 Å². The highest BCUT2D eigenvalue weighted by molar-refractivity contribution is 5.36. The van der Waals surface area contributed by atoms with E-state index >= 15 is 0 Å². The van der Waals surface area contributed by atoms with E-state index in [-0.39, 0.29) is 6.10 Å². The number of rotatable bonds is 2. The van der Waals surface area contributed by atoms with Crippen LogP contribution >= 0.6 is 0 Å². The van der Waals surface area contributed by atoms with Gasteiger partial charge in [0.25, 0.3) is 0 Å². The summed E-state index contributed by atoms with van der Waals surface area (Å²) in [6, 6.07) is 8.62. The van der Waals surface area contributed by atoms with Crippen molar-refractivity contribution in [3.05, 3.63) is 52.5 Å². The fourth-order valence-corrected chi connectivity index (χ4v) is 3.49. The summed E-state index contributed by atoms with van der Waals surface area (Å²) in [5.74, 6) is 1.62. The summed E-state index contributed by atoms with van der Waals surface area (Å²) < 4.78 is 6.31. The fraction of sp³-hybridized carbons (Fsp3) is 0.444. The van der Waals surface area contributed by atoms with Crippen LogP contribution in [-0.4, -0.2) is 29.2 Å². The Bertz CT molecular complexity index is 674. The Kier molecular flexibility index (Phi) is 3.54. The first kappa shape index (κ1) is 13.7. The SMILES string of the molecule is Cc1nc2c(c(OC3Cc4ccccc4C3)n1)CCNCC2. The van der Waals surface area contributed by atoms with Gasteiger partial charge in [0.1, 0.15) is 11.9 Å². The molecule has 1 aliphatic carbocycles. The highest BCUT2D eigenvalue weighted by Crippen LogP contribution is 2.28. The van der Waals surface area contributed by atoms with Gasteiger partial charge in [-0.3, -0.25) is 0 Å². The van der Waals surface area contributed by atoms with Crippen molar-refractivity contribution in [2.24, 2.45) is 0 Å². The molecule has 1 aliphatic heterocycles. The standard InChI is InChI=1S/C18H21N3O/c1-12-20-17-7-9-19-8-6-16(17)18(21-12)22-15-10-13-4-2-3-5-14(13)11-15/h2-5,15,19H,6-11H2,1H3. The molecule has 4 nitrogen and oxygen atoms in total. The predicted octanol–water partition coefficient (Wildman–Crippen LogP) is 2.02. The van der Waals surface area contributed by atoms with E-state index in [4.69, 9.17) is 4.74 Å². The number of aryl methyl sites for hydroxylation is 1. The zero-order valence-electron chi connectivity index (χ0n) is 12.9. The average molecular weight is 295 g/mol. The van der Waals surface area contributed by atoms with E-state index in [0.29, 0.717) is 0 Å². The molecule has 1 aromatic heterocycles. The number of hydrogen-bond donors (Lipinski definition) is 1. The molecule has 4 heteroatoms. The minimum atomic E-state index is 0.201. The molecular weight excluding hydrogens is 274 g/mol. The quantitative estimate of drug-likeness (QED) is 0.921. The van der Waals surface area contributed by atoms with Crippen LogP contribution < -0.4 is 10.1 Å². The molecule has 0 saturated heterocycles. The molecule has 0 unspecified atom stereocenters. The van der Waals surface area contributed by atoms with Crippen molar-refractivity contribution in [2.45, 2.75) is 38.7 Å². The molecule has 0 amide bonds. The van der Waals surface area contributed by atoms with Crippen LogP contribution in [0.1, 0.15) is 28.2 Å². The zero-order valence-corrected chi connectivity index (χ0v) is 12.9. The van der Waals surface area contributed by atoms with Crippen LogP contribution in [-0.2, 0) is 25.7 Å². The van der Waals surface area contributed by atoms with Gasteiger partial charge in [-0.1, -0.05) is 24.3 Å². The maximum absolute atomic E-state index is 6.31. The number of nitrogens with zero attached hydrogens (tertiary/aromatic N) is 2. The number of hydrogen-bond acceptors (Lipinski definition) is 4. The Morgan fingerprint density at radius 3 is 2.55 bits per heavy atom. The van der Waals surface area contributed by atoms with Crippen LogP contribution in [0.5, 0.6) is 5.88 Å². The first-order chi connectivity index (χ1) is 10.8. The molecular formula is C18H21N3O. The Morgan fingerprint density at radius 1 is 1.05 bits per heavy atom. The lowest BCUT2D eigenvalue weighted by Crippen LogP contribution is -2.19. The topological polar surface area (TPSA) is 47.0 Å². The summed E-state index contributed by atoms with van der Waals surface area (Å²) in [5, 5.41) is 3.43. The summed E-state index contributed by atoms with van der Waals surface area (Å²) in [5.41, 5.74) is 5.17. The molecule has 0 atom stereocenters. The lowest BCUT2D eigenvalue weighted by Gasteiger charge is -2.17. The second kappa shape index (κ2) is 5.69. The monoisotopic (exact) mass is 295 g/mol. The molecule has 1 aromatic carbocycles. The van der Waals surface area contributed by atoms with Gasteiger partial charge in [-0.05, 0) is 31.0 Å². The maximum Gasteiger partial charge on any atom is 0.220 e. The van der Waals surface area contributed by atoms with E-state index in [9.17, 15) is 0 Å². The number of ether oxygens (including phenoxy) is 1. The molecule has 0 spiro atoms. The minimum Gasteiger partial charge on any atom is -0.473 e. The molecule has 0 bridgehead atoms. The van der Waals surface area contributed by atoms with Crippen LogP contribution in [0.4, 0.5) is 0 Å². The van der Waals surface area contributed by atoms with Gasteiger partial charge in [-0.2, -0.15) is 4.98 Å². The molecule has 1 N–H and O–H groups in total. The van der Waals surface area contributed by atoms with Gasteiger partial charge in [0.05, 0.1) is 5.69 Å². The van der Waals surface area contributed by atoms with Crippen molar-refractivity contribution in [1.29, 1.82) is 0 Å². The second-order valence-corrected chi connectivity index (χ2v) is 6.17. The van der Waals surface area contributed by atoms with Gasteiger partial charge < -0.3 is 10.1 Å². The van der Waals surface area contributed by atoms with Crippen molar-refractivity contribution in [2.75, 3.05) is 13.1 Å². The van der Waals surface area contributed by atoms with Crippen molar-refractivity contribution >= 4 is 0 Å². The van der Waals surface area contributed by atoms with Crippen LogP contribution in [0.25, 0.3) is 0 Å². The maximum atomic E-state index is 6.31. The van der Waals surface area contributed by atoms with Gasteiger partial charge in [0.15, 0.2) is 0 Å². The molecule has 2 aromatic rings. The van der Waals surface area contributed by atoms with E-state index in [1.165, 1.54) is 16.7 Å². The van der Waals surface area contributed by atoms with E-state index in [0.717, 1.165) is 56.2 Å². The first-order valence-electron chi connectivity index (χ1n) is 8.10. The van der Waals surface area contributed by atoms with Gasteiger partial charge in [-0.25, -0.2) is 4.98 Å². The molecule has 0 radical (unpaired) electrons. The summed E-state index contributed by atoms with van der Waals surface area (Å²) in [7, 11) is 0. The molecule has 0 saturated carbocycles. The lowest BCUT2D eigenvalue weighted by atomic mass is 10.1. The Hall–Kier alpha value is -1.94. The Labute approximate surface area is 130 Å². The molecule has 2 heterocycles. The van der Waals surface area contributed by atoms with Crippen LogP contribution in [0.15, 0.2) is 24.3 Å². The van der Waals surface area contributed by atoms with Crippen LogP contribution in [0.2, 0.25) is 0 Å². The number of aromatic nitrogens is 2. The van der Waals surface area contributed by atoms with Crippen molar-refractivity contribution in [3.8, 4) is 5.88 Å². The highest BCUT2D eigenvalue weighted by atomic mass is 16.5. The van der Waals surface area contributed by atoms with E-state index in [1.807, 2.05) is 6.92 Å². The smallest absolute Gasteiger partial charge is 0.220 e. The number of nitrogens with one attached hydrogen (secondary N) is 1. The number of benzene rings is 1.